The van der Waals surface area contributed by atoms with Crippen molar-refractivity contribution >= 4 is 10.9 Å². The topological polar surface area (TPSA) is 51.3 Å². The van der Waals surface area contributed by atoms with E-state index in [-0.39, 0.29) is 6.61 Å². The number of aliphatic hydroxyl groups excluding tert-OH is 1. The number of aromatic nitrogens is 1. The van der Waals surface area contributed by atoms with Gasteiger partial charge >= 0.3 is 0 Å². The van der Waals surface area contributed by atoms with Crippen molar-refractivity contribution in [3.63, 3.8) is 0 Å². The Labute approximate surface area is 165 Å². The highest BCUT2D eigenvalue weighted by Crippen LogP contribution is 2.34. The zero-order valence-electron chi connectivity index (χ0n) is 17.7. The second kappa shape index (κ2) is 11.5. The molecule has 27 heavy (non-hydrogen) atoms. The molecule has 2 heterocycles. The first kappa shape index (κ1) is 21.9. The van der Waals surface area contributed by atoms with Gasteiger partial charge in [0, 0.05) is 23.1 Å². The number of likely N-dealkylation sites (tertiary alicyclic amines) is 1. The third-order valence-electron chi connectivity index (χ3n) is 5.88. The lowest BCUT2D eigenvalue weighted by Gasteiger charge is -2.38. The lowest BCUT2D eigenvalue weighted by Crippen LogP contribution is -2.43. The number of para-hydroxylation sites is 1. The fourth-order valence-electron chi connectivity index (χ4n) is 4.32. The van der Waals surface area contributed by atoms with Crippen LogP contribution in [0, 0.1) is 5.92 Å². The maximum absolute atomic E-state index is 9.88. The standard InChI is InChI=1S/C21H33N3O.C2H6/c1-16(7-10-22-2)13-18(15-25)24-11-8-17(9-12-24)20-14-23-21-6-4-3-5-19(20)21;1-2/h3-6,14,16-18,22-23,25H,7-13,15H2,1-2H3;1-2H3. The van der Waals surface area contributed by atoms with Crippen molar-refractivity contribution in [3.8, 4) is 0 Å². The van der Waals surface area contributed by atoms with E-state index in [0.29, 0.717) is 17.9 Å². The number of hydrogen-bond donors (Lipinski definition) is 3. The van der Waals surface area contributed by atoms with Crippen LogP contribution >= 0.6 is 0 Å². The van der Waals surface area contributed by atoms with Gasteiger partial charge in [-0.2, -0.15) is 0 Å². The number of aromatic amines is 1. The van der Waals surface area contributed by atoms with Crippen molar-refractivity contribution in [1.29, 1.82) is 0 Å². The Morgan fingerprint density at radius 1 is 1.22 bits per heavy atom. The van der Waals surface area contributed by atoms with Crippen LogP contribution < -0.4 is 5.32 Å². The molecule has 0 radical (unpaired) electrons. The van der Waals surface area contributed by atoms with Gasteiger partial charge in [0.05, 0.1) is 6.61 Å². The number of fused-ring (bicyclic) bond motifs is 1. The molecule has 2 atom stereocenters. The molecule has 1 fully saturated rings. The van der Waals surface area contributed by atoms with Crippen molar-refractivity contribution in [2.45, 2.75) is 58.4 Å². The zero-order valence-corrected chi connectivity index (χ0v) is 17.7. The molecule has 4 heteroatoms. The normalized spacial score (nSPS) is 18.1. The molecule has 1 aliphatic rings. The van der Waals surface area contributed by atoms with E-state index in [9.17, 15) is 5.11 Å². The van der Waals surface area contributed by atoms with E-state index in [1.165, 1.54) is 35.7 Å². The number of rotatable bonds is 8. The van der Waals surface area contributed by atoms with Gasteiger partial charge in [0.1, 0.15) is 0 Å². The lowest BCUT2D eigenvalue weighted by molar-refractivity contribution is 0.0821. The Kier molecular flexibility index (Phi) is 9.32. The highest BCUT2D eigenvalue weighted by molar-refractivity contribution is 5.83. The molecule has 3 rings (SSSR count). The van der Waals surface area contributed by atoms with Crippen molar-refractivity contribution in [1.82, 2.24) is 15.2 Å². The average Bonchev–Trinajstić information content (AvgIpc) is 3.16. The molecule has 0 bridgehead atoms. The maximum Gasteiger partial charge on any atom is 0.0586 e. The number of H-pyrrole nitrogens is 1. The van der Waals surface area contributed by atoms with E-state index in [4.69, 9.17) is 0 Å². The van der Waals surface area contributed by atoms with Crippen molar-refractivity contribution in [2.75, 3.05) is 33.3 Å². The van der Waals surface area contributed by atoms with Crippen LogP contribution in [0.25, 0.3) is 10.9 Å². The number of benzene rings is 1. The monoisotopic (exact) mass is 373 g/mol. The van der Waals surface area contributed by atoms with Gasteiger partial charge in [-0.05, 0) is 75.8 Å². The van der Waals surface area contributed by atoms with Gasteiger partial charge in [0.25, 0.3) is 0 Å². The van der Waals surface area contributed by atoms with E-state index in [2.05, 4.69) is 52.6 Å². The molecular weight excluding hydrogens is 334 g/mol. The van der Waals surface area contributed by atoms with Crippen LogP contribution in [0.4, 0.5) is 0 Å². The lowest BCUT2D eigenvalue weighted by atomic mass is 9.87. The zero-order chi connectivity index (χ0) is 19.6. The molecule has 0 spiro atoms. The minimum absolute atomic E-state index is 0.279. The van der Waals surface area contributed by atoms with Crippen LogP contribution in [0.3, 0.4) is 0 Å². The van der Waals surface area contributed by atoms with Gasteiger partial charge < -0.3 is 15.4 Å². The fourth-order valence-corrected chi connectivity index (χ4v) is 4.32. The molecule has 1 aromatic carbocycles. The van der Waals surface area contributed by atoms with E-state index >= 15 is 0 Å². The summed E-state index contributed by atoms with van der Waals surface area (Å²) in [5.41, 5.74) is 2.71. The molecule has 152 valence electrons. The number of piperidine rings is 1. The maximum atomic E-state index is 9.88. The molecule has 0 aliphatic carbocycles. The number of aliphatic hydroxyl groups is 1. The minimum Gasteiger partial charge on any atom is -0.395 e. The number of hydrogen-bond acceptors (Lipinski definition) is 3. The largest absolute Gasteiger partial charge is 0.395 e. The summed E-state index contributed by atoms with van der Waals surface area (Å²) in [5, 5.41) is 14.5. The van der Waals surface area contributed by atoms with E-state index in [0.717, 1.165) is 26.1 Å². The van der Waals surface area contributed by atoms with Crippen LogP contribution in [0.15, 0.2) is 30.5 Å². The molecule has 2 unspecified atom stereocenters. The average molecular weight is 374 g/mol. The smallest absolute Gasteiger partial charge is 0.0586 e. The predicted molar refractivity (Wildman–Crippen MR) is 116 cm³/mol. The van der Waals surface area contributed by atoms with Crippen LogP contribution in [0.1, 0.15) is 57.9 Å². The SMILES string of the molecule is CC.CNCCC(C)CC(CO)N1CCC(c2c[nH]c3ccccc23)CC1. The quantitative estimate of drug-likeness (QED) is 0.644. The number of nitrogens with one attached hydrogen (secondary N) is 2. The fraction of sp³-hybridized carbons (Fsp3) is 0.652. The summed E-state index contributed by atoms with van der Waals surface area (Å²) in [6.45, 7) is 9.82. The molecular formula is C23H39N3O. The van der Waals surface area contributed by atoms with Crippen LogP contribution in [-0.4, -0.2) is 54.3 Å². The summed E-state index contributed by atoms with van der Waals surface area (Å²) < 4.78 is 0. The van der Waals surface area contributed by atoms with Gasteiger partial charge in [0.2, 0.25) is 0 Å². The molecule has 0 amide bonds. The first-order valence-electron chi connectivity index (χ1n) is 10.8. The van der Waals surface area contributed by atoms with Gasteiger partial charge in [0.15, 0.2) is 0 Å². The van der Waals surface area contributed by atoms with E-state index < -0.39 is 0 Å². The highest BCUT2D eigenvalue weighted by atomic mass is 16.3. The first-order chi connectivity index (χ1) is 13.2. The molecule has 1 saturated heterocycles. The second-order valence-corrected chi connectivity index (χ2v) is 7.67. The predicted octanol–water partition coefficient (Wildman–Crippen LogP) is 4.37. The number of nitrogens with zero attached hydrogens (tertiary/aromatic N) is 1. The van der Waals surface area contributed by atoms with Gasteiger partial charge in [-0.1, -0.05) is 39.0 Å². The first-order valence-corrected chi connectivity index (χ1v) is 10.8. The summed E-state index contributed by atoms with van der Waals surface area (Å²) in [5.74, 6) is 1.28. The Morgan fingerprint density at radius 3 is 2.59 bits per heavy atom. The Hall–Kier alpha value is -1.36. The second-order valence-electron chi connectivity index (χ2n) is 7.67. The third kappa shape index (κ3) is 5.81. The summed E-state index contributed by atoms with van der Waals surface area (Å²) in [6, 6.07) is 8.92. The summed E-state index contributed by atoms with van der Waals surface area (Å²) in [4.78, 5) is 5.93. The van der Waals surface area contributed by atoms with Crippen molar-refractivity contribution in [3.05, 3.63) is 36.0 Å². The van der Waals surface area contributed by atoms with Crippen LogP contribution in [-0.2, 0) is 0 Å². The van der Waals surface area contributed by atoms with Crippen molar-refractivity contribution in [2.24, 2.45) is 5.92 Å². The van der Waals surface area contributed by atoms with E-state index in [1.807, 2.05) is 20.9 Å². The van der Waals surface area contributed by atoms with Gasteiger partial charge in [-0.25, -0.2) is 0 Å². The summed E-state index contributed by atoms with van der Waals surface area (Å²) in [7, 11) is 2.01. The molecule has 1 aromatic heterocycles. The molecule has 1 aliphatic heterocycles. The Morgan fingerprint density at radius 2 is 1.93 bits per heavy atom. The van der Waals surface area contributed by atoms with Gasteiger partial charge in [-0.15, -0.1) is 0 Å². The molecule has 2 aromatic rings. The van der Waals surface area contributed by atoms with Gasteiger partial charge in [-0.3, -0.25) is 4.90 Å². The summed E-state index contributed by atoms with van der Waals surface area (Å²) in [6.07, 6.45) is 6.84. The highest BCUT2D eigenvalue weighted by Gasteiger charge is 2.27. The van der Waals surface area contributed by atoms with Crippen molar-refractivity contribution < 1.29 is 5.11 Å². The van der Waals surface area contributed by atoms with Crippen LogP contribution in [0.5, 0.6) is 0 Å². The molecule has 3 N–H and O–H groups in total. The van der Waals surface area contributed by atoms with Crippen LogP contribution in [0.2, 0.25) is 0 Å². The minimum atomic E-state index is 0.279. The Balaban J connectivity index is 0.00000126. The molecule has 4 nitrogen and oxygen atoms in total. The third-order valence-corrected chi connectivity index (χ3v) is 5.88. The Bertz CT molecular complexity index is 646. The summed E-state index contributed by atoms with van der Waals surface area (Å²) >= 11 is 0. The molecule has 0 saturated carbocycles. The van der Waals surface area contributed by atoms with E-state index in [1.54, 1.807) is 0 Å².